The summed E-state index contributed by atoms with van der Waals surface area (Å²) in [6.45, 7) is 4.26. The maximum absolute atomic E-state index is 12.5. The second-order valence-corrected chi connectivity index (χ2v) is 7.00. The first-order valence-corrected chi connectivity index (χ1v) is 8.92. The van der Waals surface area contributed by atoms with Crippen LogP contribution in [0.2, 0.25) is 5.02 Å². The topological polar surface area (TPSA) is 83.2 Å². The normalized spacial score (nSPS) is 10.8. The predicted octanol–water partition coefficient (Wildman–Crippen LogP) is 5.28. The van der Waals surface area contributed by atoms with Crippen molar-refractivity contribution in [2.75, 3.05) is 17.2 Å². The molecule has 1 heterocycles. The van der Waals surface area contributed by atoms with Crippen molar-refractivity contribution < 1.29 is 14.3 Å². The van der Waals surface area contributed by atoms with Crippen molar-refractivity contribution in [1.29, 1.82) is 0 Å². The van der Waals surface area contributed by atoms with E-state index < -0.39 is 6.09 Å². The standard InChI is InChI=1S/C20H20ClN3O3/c1-12(2)11-27-20(26)23-16-5-3-4-15(10-16)22-19(25)18-8-13-6-7-14(21)9-17(13)24-18/h3-10,12,24H,11H2,1-2H3,(H,22,25)(H,23,26). The number of ether oxygens (including phenoxy) is 1. The zero-order chi connectivity index (χ0) is 19.4. The number of aromatic nitrogens is 1. The summed E-state index contributed by atoms with van der Waals surface area (Å²) in [6, 6.07) is 14.0. The molecule has 0 saturated carbocycles. The van der Waals surface area contributed by atoms with E-state index in [9.17, 15) is 9.59 Å². The molecular formula is C20H20ClN3O3. The number of H-pyrrole nitrogens is 1. The molecule has 27 heavy (non-hydrogen) atoms. The molecule has 0 radical (unpaired) electrons. The number of nitrogens with one attached hydrogen (secondary N) is 3. The minimum atomic E-state index is -0.528. The number of carbonyl (C=O) groups is 2. The lowest BCUT2D eigenvalue weighted by Crippen LogP contribution is -2.17. The van der Waals surface area contributed by atoms with Gasteiger partial charge in [-0.2, -0.15) is 0 Å². The molecule has 1 aromatic heterocycles. The summed E-state index contributed by atoms with van der Waals surface area (Å²) in [5.74, 6) is -0.0329. The lowest BCUT2D eigenvalue weighted by molar-refractivity contribution is 0.102. The largest absolute Gasteiger partial charge is 0.449 e. The molecule has 0 atom stereocenters. The number of carbonyl (C=O) groups excluding carboxylic acids is 2. The number of hydrogen-bond acceptors (Lipinski definition) is 3. The molecule has 0 aliphatic carbocycles. The fourth-order valence-corrected chi connectivity index (χ4v) is 2.66. The highest BCUT2D eigenvalue weighted by atomic mass is 35.5. The van der Waals surface area contributed by atoms with Gasteiger partial charge in [0.05, 0.1) is 6.61 Å². The van der Waals surface area contributed by atoms with Crippen LogP contribution in [0.5, 0.6) is 0 Å². The van der Waals surface area contributed by atoms with Crippen LogP contribution in [0, 0.1) is 5.92 Å². The highest BCUT2D eigenvalue weighted by molar-refractivity contribution is 6.31. The summed E-state index contributed by atoms with van der Waals surface area (Å²) in [4.78, 5) is 27.3. The molecule has 0 bridgehead atoms. The maximum Gasteiger partial charge on any atom is 0.411 e. The molecule has 6 nitrogen and oxygen atoms in total. The van der Waals surface area contributed by atoms with Gasteiger partial charge in [0.25, 0.3) is 5.91 Å². The Morgan fingerprint density at radius 2 is 1.81 bits per heavy atom. The van der Waals surface area contributed by atoms with Crippen LogP contribution in [-0.2, 0) is 4.74 Å². The lowest BCUT2D eigenvalue weighted by Gasteiger charge is -2.10. The quantitative estimate of drug-likeness (QED) is 0.558. The second kappa shape index (κ2) is 8.14. The van der Waals surface area contributed by atoms with Crippen LogP contribution in [0.4, 0.5) is 16.2 Å². The van der Waals surface area contributed by atoms with Crippen molar-refractivity contribution in [2.45, 2.75) is 13.8 Å². The molecule has 2 aromatic carbocycles. The molecule has 3 N–H and O–H groups in total. The molecule has 0 spiro atoms. The van der Waals surface area contributed by atoms with Gasteiger partial charge in [0.2, 0.25) is 0 Å². The van der Waals surface area contributed by atoms with E-state index in [4.69, 9.17) is 16.3 Å². The first-order valence-electron chi connectivity index (χ1n) is 8.54. The summed E-state index contributed by atoms with van der Waals surface area (Å²) in [6.07, 6.45) is -0.528. The van der Waals surface area contributed by atoms with Crippen molar-refractivity contribution in [3.05, 3.63) is 59.2 Å². The molecule has 0 fully saturated rings. The van der Waals surface area contributed by atoms with Crippen LogP contribution in [0.15, 0.2) is 48.5 Å². The molecule has 0 aliphatic heterocycles. The number of benzene rings is 2. The Morgan fingerprint density at radius 3 is 2.56 bits per heavy atom. The SMILES string of the molecule is CC(C)COC(=O)Nc1cccc(NC(=O)c2cc3ccc(Cl)cc3[nH]2)c1. The first-order chi connectivity index (χ1) is 12.9. The van der Waals surface area contributed by atoms with E-state index in [0.717, 1.165) is 10.9 Å². The summed E-state index contributed by atoms with van der Waals surface area (Å²) >= 11 is 5.97. The summed E-state index contributed by atoms with van der Waals surface area (Å²) in [7, 11) is 0. The van der Waals surface area contributed by atoms with E-state index in [1.807, 2.05) is 19.9 Å². The summed E-state index contributed by atoms with van der Waals surface area (Å²) < 4.78 is 5.09. The summed E-state index contributed by atoms with van der Waals surface area (Å²) in [5, 5.41) is 6.94. The zero-order valence-electron chi connectivity index (χ0n) is 15.0. The van der Waals surface area contributed by atoms with Gasteiger partial charge in [0.1, 0.15) is 5.69 Å². The Balaban J connectivity index is 1.67. The highest BCUT2D eigenvalue weighted by Crippen LogP contribution is 2.21. The second-order valence-electron chi connectivity index (χ2n) is 6.57. The fraction of sp³-hybridized carbons (Fsp3) is 0.200. The van der Waals surface area contributed by atoms with Gasteiger partial charge in [-0.1, -0.05) is 37.6 Å². The van der Waals surface area contributed by atoms with Crippen molar-refractivity contribution in [3.8, 4) is 0 Å². The Bertz CT molecular complexity index is 982. The molecule has 3 rings (SSSR count). The minimum Gasteiger partial charge on any atom is -0.449 e. The molecule has 3 aromatic rings. The fourth-order valence-electron chi connectivity index (χ4n) is 2.49. The van der Waals surface area contributed by atoms with E-state index >= 15 is 0 Å². The number of hydrogen-bond donors (Lipinski definition) is 3. The smallest absolute Gasteiger partial charge is 0.411 e. The van der Waals surface area contributed by atoms with E-state index in [1.54, 1.807) is 42.5 Å². The summed E-state index contributed by atoms with van der Waals surface area (Å²) in [5.41, 5.74) is 2.29. The van der Waals surface area contributed by atoms with Crippen LogP contribution in [0.3, 0.4) is 0 Å². The average Bonchev–Trinajstić information content (AvgIpc) is 3.03. The Morgan fingerprint density at radius 1 is 1.07 bits per heavy atom. The van der Waals surface area contributed by atoms with Crippen molar-refractivity contribution in [1.82, 2.24) is 4.98 Å². The number of aromatic amines is 1. The van der Waals surface area contributed by atoms with Crippen LogP contribution < -0.4 is 10.6 Å². The third kappa shape index (κ3) is 5.01. The molecule has 2 amide bonds. The number of halogens is 1. The van der Waals surface area contributed by atoms with Crippen LogP contribution in [0.1, 0.15) is 24.3 Å². The number of rotatable bonds is 5. The van der Waals surface area contributed by atoms with Gasteiger partial charge in [-0.15, -0.1) is 0 Å². The number of fused-ring (bicyclic) bond motifs is 1. The Kier molecular flexibility index (Phi) is 5.66. The molecule has 140 valence electrons. The van der Waals surface area contributed by atoms with E-state index in [-0.39, 0.29) is 11.8 Å². The first kappa shape index (κ1) is 18.8. The third-order valence-electron chi connectivity index (χ3n) is 3.74. The van der Waals surface area contributed by atoms with Gasteiger partial charge in [-0.3, -0.25) is 10.1 Å². The third-order valence-corrected chi connectivity index (χ3v) is 3.98. The maximum atomic E-state index is 12.5. The number of anilines is 2. The van der Waals surface area contributed by atoms with Crippen molar-refractivity contribution in [3.63, 3.8) is 0 Å². The van der Waals surface area contributed by atoms with Gasteiger partial charge in [-0.25, -0.2) is 4.79 Å². The van der Waals surface area contributed by atoms with Crippen molar-refractivity contribution in [2.24, 2.45) is 5.92 Å². The van der Waals surface area contributed by atoms with Crippen LogP contribution >= 0.6 is 11.6 Å². The molecule has 7 heteroatoms. The van der Waals surface area contributed by atoms with Crippen LogP contribution in [0.25, 0.3) is 10.9 Å². The molecular weight excluding hydrogens is 366 g/mol. The highest BCUT2D eigenvalue weighted by Gasteiger charge is 2.11. The van der Waals surface area contributed by atoms with Gasteiger partial charge < -0.3 is 15.0 Å². The van der Waals surface area contributed by atoms with Crippen LogP contribution in [-0.4, -0.2) is 23.6 Å². The minimum absolute atomic E-state index is 0.257. The average molecular weight is 386 g/mol. The monoisotopic (exact) mass is 385 g/mol. The molecule has 0 saturated heterocycles. The zero-order valence-corrected chi connectivity index (χ0v) is 15.8. The van der Waals surface area contributed by atoms with Gasteiger partial charge in [0, 0.05) is 27.3 Å². The molecule has 0 unspecified atom stereocenters. The van der Waals surface area contributed by atoms with Gasteiger partial charge in [-0.05, 0) is 42.3 Å². The van der Waals surface area contributed by atoms with Gasteiger partial charge >= 0.3 is 6.09 Å². The van der Waals surface area contributed by atoms with E-state index in [1.165, 1.54) is 0 Å². The van der Waals surface area contributed by atoms with Gasteiger partial charge in [0.15, 0.2) is 0 Å². The lowest BCUT2D eigenvalue weighted by atomic mass is 10.2. The molecule has 0 aliphatic rings. The predicted molar refractivity (Wildman–Crippen MR) is 108 cm³/mol. The Labute approximate surface area is 161 Å². The van der Waals surface area contributed by atoms with E-state index in [0.29, 0.717) is 28.7 Å². The Hall–Kier alpha value is -2.99. The van der Waals surface area contributed by atoms with E-state index in [2.05, 4.69) is 15.6 Å². The van der Waals surface area contributed by atoms with Crippen molar-refractivity contribution >= 4 is 45.9 Å². The number of amides is 2.